The Bertz CT molecular complexity index is 779. The molecule has 0 amide bonds. The van der Waals surface area contributed by atoms with Gasteiger partial charge in [0.05, 0.1) is 6.04 Å². The van der Waals surface area contributed by atoms with Gasteiger partial charge in [-0.3, -0.25) is 4.79 Å². The third-order valence-corrected chi connectivity index (χ3v) is 4.75. The van der Waals surface area contributed by atoms with E-state index in [4.69, 9.17) is 16.3 Å². The third kappa shape index (κ3) is 2.14. The Hall–Kier alpha value is -1.78. The molecule has 5 heteroatoms. The Labute approximate surface area is 133 Å². The molecular formula is C17H18ClNO3. The van der Waals surface area contributed by atoms with Crippen LogP contribution in [0.2, 0.25) is 5.02 Å². The average Bonchev–Trinajstić information content (AvgIpc) is 2.42. The molecule has 2 unspecified atom stereocenters. The number of fused-ring (bicyclic) bond motifs is 1. The number of hydrogen-bond donors (Lipinski definition) is 1. The van der Waals surface area contributed by atoms with Crippen LogP contribution in [0, 0.1) is 0 Å². The summed E-state index contributed by atoms with van der Waals surface area (Å²) < 4.78 is 7.48. The zero-order valence-corrected chi connectivity index (χ0v) is 13.5. The number of rotatable bonds is 1. The highest BCUT2D eigenvalue weighted by Crippen LogP contribution is 2.48. The minimum atomic E-state index is -1.30. The Kier molecular flexibility index (Phi) is 3.34. The minimum absolute atomic E-state index is 0.184. The number of aliphatic hydroxyl groups is 1. The summed E-state index contributed by atoms with van der Waals surface area (Å²) in [7, 11) is 0. The predicted molar refractivity (Wildman–Crippen MR) is 85.6 cm³/mol. The summed E-state index contributed by atoms with van der Waals surface area (Å²) in [6.45, 7) is 5.30. The average molecular weight is 320 g/mol. The van der Waals surface area contributed by atoms with Crippen molar-refractivity contribution in [1.82, 2.24) is 4.57 Å². The molecule has 0 fully saturated rings. The van der Waals surface area contributed by atoms with Gasteiger partial charge in [-0.1, -0.05) is 17.7 Å². The lowest BCUT2D eigenvalue weighted by atomic mass is 9.75. The second-order valence-electron chi connectivity index (χ2n) is 6.29. The number of halogens is 1. The number of benzene rings is 1. The van der Waals surface area contributed by atoms with Gasteiger partial charge in [0.15, 0.2) is 0 Å². The molecule has 1 aliphatic rings. The van der Waals surface area contributed by atoms with Crippen molar-refractivity contribution in [2.75, 3.05) is 0 Å². The molecule has 1 aromatic heterocycles. The number of ether oxygens (including phenoxy) is 1. The topological polar surface area (TPSA) is 51.5 Å². The molecule has 0 saturated heterocycles. The quantitative estimate of drug-likeness (QED) is 0.879. The molecular weight excluding hydrogens is 302 g/mol. The van der Waals surface area contributed by atoms with Crippen molar-refractivity contribution in [3.8, 4) is 5.75 Å². The van der Waals surface area contributed by atoms with Crippen LogP contribution in [0.5, 0.6) is 5.75 Å². The molecule has 2 heterocycles. The van der Waals surface area contributed by atoms with Crippen molar-refractivity contribution in [2.45, 2.75) is 38.0 Å². The molecule has 116 valence electrons. The van der Waals surface area contributed by atoms with Gasteiger partial charge in [0.2, 0.25) is 0 Å². The molecule has 2 aromatic rings. The molecule has 1 N–H and O–H groups in total. The fraction of sp³-hybridized carbons (Fsp3) is 0.353. The molecule has 22 heavy (non-hydrogen) atoms. The summed E-state index contributed by atoms with van der Waals surface area (Å²) in [5.41, 5.74) is -1.65. The van der Waals surface area contributed by atoms with E-state index in [1.807, 2.05) is 13.8 Å². The maximum Gasteiger partial charge on any atom is 0.251 e. The van der Waals surface area contributed by atoms with E-state index in [1.54, 1.807) is 43.5 Å². The summed E-state index contributed by atoms with van der Waals surface area (Å²) in [5.74, 6) is 0.627. The number of pyridine rings is 1. The van der Waals surface area contributed by atoms with Crippen molar-refractivity contribution in [2.24, 2.45) is 0 Å². The molecule has 3 rings (SSSR count). The van der Waals surface area contributed by atoms with Crippen molar-refractivity contribution < 1.29 is 9.84 Å². The van der Waals surface area contributed by atoms with Gasteiger partial charge in [-0.2, -0.15) is 0 Å². The molecule has 4 nitrogen and oxygen atoms in total. The van der Waals surface area contributed by atoms with Gasteiger partial charge < -0.3 is 14.4 Å². The van der Waals surface area contributed by atoms with Gasteiger partial charge in [0.1, 0.15) is 17.0 Å². The lowest BCUT2D eigenvalue weighted by Gasteiger charge is -2.49. The van der Waals surface area contributed by atoms with Crippen LogP contribution < -0.4 is 10.3 Å². The largest absolute Gasteiger partial charge is 0.484 e. The van der Waals surface area contributed by atoms with E-state index in [1.165, 1.54) is 10.6 Å². The molecule has 2 atom stereocenters. The van der Waals surface area contributed by atoms with E-state index < -0.39 is 17.2 Å². The van der Waals surface area contributed by atoms with Crippen LogP contribution in [-0.4, -0.2) is 20.9 Å². The summed E-state index contributed by atoms with van der Waals surface area (Å²) in [4.78, 5) is 12.3. The zero-order chi connectivity index (χ0) is 16.1. The molecule has 0 saturated carbocycles. The highest BCUT2D eigenvalue weighted by molar-refractivity contribution is 6.30. The Morgan fingerprint density at radius 3 is 2.64 bits per heavy atom. The number of hydrogen-bond acceptors (Lipinski definition) is 3. The summed E-state index contributed by atoms with van der Waals surface area (Å²) >= 11 is 6.11. The molecule has 0 bridgehead atoms. The summed E-state index contributed by atoms with van der Waals surface area (Å²) in [6.07, 6.45) is 1.67. The maximum atomic E-state index is 12.3. The predicted octanol–water partition coefficient (Wildman–Crippen LogP) is 3.01. The van der Waals surface area contributed by atoms with Gasteiger partial charge in [-0.05, 0) is 45.0 Å². The molecule has 0 radical (unpaired) electrons. The SMILES string of the molecule is CC1(C)Oc2ccc(Cl)cc2C(n2ccccc2=O)C1(C)O. The fourth-order valence-corrected chi connectivity index (χ4v) is 3.09. The van der Waals surface area contributed by atoms with Crippen molar-refractivity contribution in [3.05, 3.63) is 63.5 Å². The first-order valence-corrected chi connectivity index (χ1v) is 7.50. The minimum Gasteiger partial charge on any atom is -0.484 e. The first kappa shape index (κ1) is 15.1. The second-order valence-corrected chi connectivity index (χ2v) is 6.73. The van der Waals surface area contributed by atoms with Crippen molar-refractivity contribution >= 4 is 11.6 Å². The molecule has 0 aliphatic carbocycles. The van der Waals surface area contributed by atoms with E-state index in [0.29, 0.717) is 16.3 Å². The fourth-order valence-electron chi connectivity index (χ4n) is 2.91. The van der Waals surface area contributed by atoms with Gasteiger partial charge in [-0.15, -0.1) is 0 Å². The number of nitrogens with zero attached hydrogens (tertiary/aromatic N) is 1. The van der Waals surface area contributed by atoms with Crippen LogP contribution in [0.25, 0.3) is 0 Å². The van der Waals surface area contributed by atoms with Crippen molar-refractivity contribution in [1.29, 1.82) is 0 Å². The number of aromatic nitrogens is 1. The molecule has 1 aromatic carbocycles. The maximum absolute atomic E-state index is 12.3. The molecule has 0 spiro atoms. The highest BCUT2D eigenvalue weighted by atomic mass is 35.5. The van der Waals surface area contributed by atoms with Crippen LogP contribution in [0.15, 0.2) is 47.4 Å². The van der Waals surface area contributed by atoms with Crippen molar-refractivity contribution in [3.63, 3.8) is 0 Å². The smallest absolute Gasteiger partial charge is 0.251 e. The van der Waals surface area contributed by atoms with E-state index in [9.17, 15) is 9.90 Å². The van der Waals surface area contributed by atoms with Crippen LogP contribution in [0.3, 0.4) is 0 Å². The normalized spacial score (nSPS) is 26.1. The van der Waals surface area contributed by atoms with Gasteiger partial charge >= 0.3 is 0 Å². The Morgan fingerprint density at radius 1 is 1.23 bits per heavy atom. The van der Waals surface area contributed by atoms with Gasteiger partial charge in [0.25, 0.3) is 5.56 Å². The lowest BCUT2D eigenvalue weighted by molar-refractivity contribution is -0.139. The van der Waals surface area contributed by atoms with Gasteiger partial charge in [-0.25, -0.2) is 0 Å². The van der Waals surface area contributed by atoms with E-state index in [0.717, 1.165) is 0 Å². The zero-order valence-electron chi connectivity index (χ0n) is 12.7. The first-order chi connectivity index (χ1) is 10.2. The first-order valence-electron chi connectivity index (χ1n) is 7.12. The van der Waals surface area contributed by atoms with E-state index >= 15 is 0 Å². The van der Waals surface area contributed by atoms with Crippen LogP contribution in [-0.2, 0) is 0 Å². The summed E-state index contributed by atoms with van der Waals surface area (Å²) in [5, 5.41) is 11.7. The Balaban J connectivity index is 2.32. The monoisotopic (exact) mass is 319 g/mol. The summed E-state index contributed by atoms with van der Waals surface area (Å²) in [6, 6.07) is 9.59. The van der Waals surface area contributed by atoms with E-state index in [-0.39, 0.29) is 5.56 Å². The highest BCUT2D eigenvalue weighted by Gasteiger charge is 2.53. The van der Waals surface area contributed by atoms with Crippen LogP contribution >= 0.6 is 11.6 Å². The van der Waals surface area contributed by atoms with Gasteiger partial charge in [0, 0.05) is 22.8 Å². The lowest BCUT2D eigenvalue weighted by Crippen LogP contribution is -2.60. The molecule has 1 aliphatic heterocycles. The van der Waals surface area contributed by atoms with Crippen LogP contribution in [0.1, 0.15) is 32.4 Å². The third-order valence-electron chi connectivity index (χ3n) is 4.51. The second kappa shape index (κ2) is 4.86. The Morgan fingerprint density at radius 2 is 1.95 bits per heavy atom. The van der Waals surface area contributed by atoms with Crippen LogP contribution in [0.4, 0.5) is 0 Å². The van der Waals surface area contributed by atoms with E-state index in [2.05, 4.69) is 0 Å². The standard InChI is InChI=1S/C17H18ClNO3/c1-16(2)17(3,21)15(19-9-5-4-6-14(19)20)12-10-11(18)7-8-13(12)22-16/h4-10,15,21H,1-3H3.